The van der Waals surface area contributed by atoms with Crippen LogP contribution < -0.4 is 0 Å². The molecule has 1 amide bonds. The average molecular weight is 304 g/mol. The normalized spacial score (nSPS) is 22.5. The van der Waals surface area contributed by atoms with Gasteiger partial charge in [-0.3, -0.25) is 9.78 Å². The molecule has 5 nitrogen and oxygen atoms in total. The van der Waals surface area contributed by atoms with E-state index in [4.69, 9.17) is 9.47 Å². The standard InChI is InChI=1S/C17H24N2O3/c1-13(14-4-2-8-18-10-14)19(15-6-7-15)17(20)12-21-11-16-5-3-9-22-16/h2,4,8,10,13,15-16H,3,5-7,9,11-12H2,1H3/t13-,16-/m1/s1. The summed E-state index contributed by atoms with van der Waals surface area (Å²) in [7, 11) is 0. The Bertz CT molecular complexity index is 484. The highest BCUT2D eigenvalue weighted by Crippen LogP contribution is 2.34. The molecule has 5 heteroatoms. The van der Waals surface area contributed by atoms with Gasteiger partial charge in [-0.15, -0.1) is 0 Å². The number of amides is 1. The van der Waals surface area contributed by atoms with Crippen LogP contribution in [-0.4, -0.2) is 47.8 Å². The van der Waals surface area contributed by atoms with Gasteiger partial charge < -0.3 is 14.4 Å². The number of ether oxygens (including phenoxy) is 2. The maximum atomic E-state index is 12.6. The Hall–Kier alpha value is -1.46. The van der Waals surface area contributed by atoms with E-state index in [0.717, 1.165) is 37.9 Å². The van der Waals surface area contributed by atoms with Gasteiger partial charge in [0.25, 0.3) is 0 Å². The van der Waals surface area contributed by atoms with Crippen LogP contribution in [-0.2, 0) is 14.3 Å². The fourth-order valence-corrected chi connectivity index (χ4v) is 3.00. The highest BCUT2D eigenvalue weighted by Gasteiger charge is 2.36. The minimum atomic E-state index is 0.0417. The van der Waals surface area contributed by atoms with Crippen molar-refractivity contribution in [2.24, 2.45) is 0 Å². The highest BCUT2D eigenvalue weighted by atomic mass is 16.5. The molecule has 0 bridgehead atoms. The molecule has 1 saturated heterocycles. The molecular formula is C17H24N2O3. The molecule has 120 valence electrons. The van der Waals surface area contributed by atoms with Crippen LogP contribution in [0.4, 0.5) is 0 Å². The van der Waals surface area contributed by atoms with Gasteiger partial charge in [-0.2, -0.15) is 0 Å². The lowest BCUT2D eigenvalue weighted by Crippen LogP contribution is -2.38. The van der Waals surface area contributed by atoms with Gasteiger partial charge in [-0.1, -0.05) is 6.07 Å². The number of pyridine rings is 1. The van der Waals surface area contributed by atoms with E-state index in [1.807, 2.05) is 23.2 Å². The Balaban J connectivity index is 1.55. The van der Waals surface area contributed by atoms with E-state index in [-0.39, 0.29) is 24.7 Å². The van der Waals surface area contributed by atoms with Crippen LogP contribution in [0.1, 0.15) is 44.2 Å². The number of aromatic nitrogens is 1. The lowest BCUT2D eigenvalue weighted by atomic mass is 10.1. The average Bonchev–Trinajstić information content (AvgIpc) is 3.23. The van der Waals surface area contributed by atoms with Crippen molar-refractivity contribution in [3.05, 3.63) is 30.1 Å². The largest absolute Gasteiger partial charge is 0.376 e. The molecule has 1 aliphatic heterocycles. The van der Waals surface area contributed by atoms with Gasteiger partial charge in [0.2, 0.25) is 5.91 Å². The third kappa shape index (κ3) is 3.84. The molecule has 1 aliphatic carbocycles. The first-order valence-corrected chi connectivity index (χ1v) is 8.16. The Labute approximate surface area is 131 Å². The first kappa shape index (κ1) is 15.4. The summed E-state index contributed by atoms with van der Waals surface area (Å²) in [6.07, 6.45) is 8.05. The van der Waals surface area contributed by atoms with Crippen LogP contribution in [0, 0.1) is 0 Å². The third-order valence-corrected chi connectivity index (χ3v) is 4.37. The van der Waals surface area contributed by atoms with E-state index in [2.05, 4.69) is 11.9 Å². The van der Waals surface area contributed by atoms with Crippen molar-refractivity contribution in [3.8, 4) is 0 Å². The van der Waals surface area contributed by atoms with Crippen LogP contribution in [0.25, 0.3) is 0 Å². The van der Waals surface area contributed by atoms with E-state index >= 15 is 0 Å². The first-order valence-electron chi connectivity index (χ1n) is 8.16. The van der Waals surface area contributed by atoms with E-state index in [9.17, 15) is 4.79 Å². The van der Waals surface area contributed by atoms with Crippen molar-refractivity contribution >= 4 is 5.91 Å². The Kier molecular flexibility index (Phi) is 5.05. The molecular weight excluding hydrogens is 280 g/mol. The fraction of sp³-hybridized carbons (Fsp3) is 0.647. The number of nitrogens with zero attached hydrogens (tertiary/aromatic N) is 2. The van der Waals surface area contributed by atoms with Crippen molar-refractivity contribution in [2.45, 2.75) is 50.8 Å². The number of carbonyl (C=O) groups excluding carboxylic acids is 1. The smallest absolute Gasteiger partial charge is 0.249 e. The molecule has 0 spiro atoms. The van der Waals surface area contributed by atoms with Crippen LogP contribution in [0.15, 0.2) is 24.5 Å². The summed E-state index contributed by atoms with van der Waals surface area (Å²) >= 11 is 0. The van der Waals surface area contributed by atoms with Crippen LogP contribution in [0.2, 0.25) is 0 Å². The van der Waals surface area contributed by atoms with E-state index in [1.165, 1.54) is 0 Å². The summed E-state index contributed by atoms with van der Waals surface area (Å²) in [6.45, 7) is 3.54. The summed E-state index contributed by atoms with van der Waals surface area (Å²) < 4.78 is 11.1. The molecule has 2 atom stereocenters. The first-order chi connectivity index (χ1) is 10.8. The molecule has 1 aromatic heterocycles. The summed E-state index contributed by atoms with van der Waals surface area (Å²) in [5, 5.41) is 0. The third-order valence-electron chi connectivity index (χ3n) is 4.37. The van der Waals surface area contributed by atoms with Gasteiger partial charge >= 0.3 is 0 Å². The van der Waals surface area contributed by atoms with Gasteiger partial charge in [0.15, 0.2) is 0 Å². The van der Waals surface area contributed by atoms with E-state index in [0.29, 0.717) is 12.6 Å². The molecule has 3 rings (SSSR count). The van der Waals surface area contributed by atoms with Gasteiger partial charge in [0.05, 0.1) is 18.8 Å². The summed E-state index contributed by atoms with van der Waals surface area (Å²) in [4.78, 5) is 18.7. The number of hydrogen-bond donors (Lipinski definition) is 0. The molecule has 22 heavy (non-hydrogen) atoms. The van der Waals surface area contributed by atoms with E-state index in [1.54, 1.807) is 6.20 Å². The quantitative estimate of drug-likeness (QED) is 0.776. The predicted octanol–water partition coefficient (Wildman–Crippen LogP) is 2.33. The summed E-state index contributed by atoms with van der Waals surface area (Å²) in [5.41, 5.74) is 1.07. The van der Waals surface area contributed by atoms with Crippen LogP contribution >= 0.6 is 0 Å². The molecule has 1 aromatic rings. The minimum absolute atomic E-state index is 0.0417. The van der Waals surface area contributed by atoms with Crippen molar-refractivity contribution in [2.75, 3.05) is 19.8 Å². The minimum Gasteiger partial charge on any atom is -0.376 e. The van der Waals surface area contributed by atoms with Crippen LogP contribution in [0.5, 0.6) is 0 Å². The Morgan fingerprint density at radius 1 is 1.50 bits per heavy atom. The van der Waals surface area contributed by atoms with Crippen molar-refractivity contribution < 1.29 is 14.3 Å². The second-order valence-corrected chi connectivity index (χ2v) is 6.14. The molecule has 0 aromatic carbocycles. The lowest BCUT2D eigenvalue weighted by Gasteiger charge is -2.29. The maximum Gasteiger partial charge on any atom is 0.249 e. The number of rotatable bonds is 7. The Morgan fingerprint density at radius 2 is 2.36 bits per heavy atom. The zero-order chi connectivity index (χ0) is 15.4. The number of carbonyl (C=O) groups is 1. The topological polar surface area (TPSA) is 51.7 Å². The highest BCUT2D eigenvalue weighted by molar-refractivity contribution is 5.78. The molecule has 0 unspecified atom stereocenters. The lowest BCUT2D eigenvalue weighted by molar-refractivity contribution is -0.140. The van der Waals surface area contributed by atoms with E-state index < -0.39 is 0 Å². The summed E-state index contributed by atoms with van der Waals surface area (Å²) in [5.74, 6) is 0.0665. The molecule has 0 radical (unpaired) electrons. The summed E-state index contributed by atoms with van der Waals surface area (Å²) in [6, 6.07) is 4.33. The number of hydrogen-bond acceptors (Lipinski definition) is 4. The molecule has 2 aliphatic rings. The van der Waals surface area contributed by atoms with Gasteiger partial charge in [-0.05, 0) is 44.2 Å². The predicted molar refractivity (Wildman–Crippen MR) is 82.3 cm³/mol. The molecule has 1 saturated carbocycles. The van der Waals surface area contributed by atoms with Crippen molar-refractivity contribution in [1.82, 2.24) is 9.88 Å². The zero-order valence-electron chi connectivity index (χ0n) is 13.1. The van der Waals surface area contributed by atoms with Crippen LogP contribution in [0.3, 0.4) is 0 Å². The second kappa shape index (κ2) is 7.20. The molecule has 2 fully saturated rings. The zero-order valence-corrected chi connectivity index (χ0v) is 13.1. The monoisotopic (exact) mass is 304 g/mol. The maximum absolute atomic E-state index is 12.6. The fourth-order valence-electron chi connectivity index (χ4n) is 3.00. The molecule has 0 N–H and O–H groups in total. The SMILES string of the molecule is C[C@H](c1cccnc1)N(C(=O)COC[C@H]1CCCO1)C1CC1. The van der Waals surface area contributed by atoms with Gasteiger partial charge in [0, 0.05) is 25.0 Å². The second-order valence-electron chi connectivity index (χ2n) is 6.14. The molecule has 2 heterocycles. The van der Waals surface area contributed by atoms with Crippen molar-refractivity contribution in [3.63, 3.8) is 0 Å². The van der Waals surface area contributed by atoms with Gasteiger partial charge in [0.1, 0.15) is 6.61 Å². The Morgan fingerprint density at radius 3 is 3.00 bits per heavy atom. The van der Waals surface area contributed by atoms with Gasteiger partial charge in [-0.25, -0.2) is 0 Å². The van der Waals surface area contributed by atoms with Crippen molar-refractivity contribution in [1.29, 1.82) is 0 Å².